The van der Waals surface area contributed by atoms with Crippen LogP contribution in [0.25, 0.3) is 0 Å². The molecule has 1 saturated carbocycles. The molecule has 3 atom stereocenters. The molecular formula is C14H22N2O. The average molecular weight is 234 g/mol. The van der Waals surface area contributed by atoms with Crippen molar-refractivity contribution >= 4 is 0 Å². The topological polar surface area (TPSA) is 48.1 Å². The summed E-state index contributed by atoms with van der Waals surface area (Å²) < 4.78 is 5.25. The van der Waals surface area contributed by atoms with Crippen LogP contribution in [0.2, 0.25) is 0 Å². The van der Waals surface area contributed by atoms with Gasteiger partial charge in [0.1, 0.15) is 5.75 Å². The molecule has 0 spiro atoms. The van der Waals surface area contributed by atoms with Crippen LogP contribution < -0.4 is 10.5 Å². The third-order valence-corrected chi connectivity index (χ3v) is 3.96. The number of rotatable bonds is 3. The maximum absolute atomic E-state index is 5.90. The number of ether oxygens (including phenoxy) is 1. The molecule has 0 aromatic carbocycles. The van der Waals surface area contributed by atoms with E-state index < -0.39 is 0 Å². The van der Waals surface area contributed by atoms with Gasteiger partial charge in [0.15, 0.2) is 0 Å². The van der Waals surface area contributed by atoms with Gasteiger partial charge in [-0.15, -0.1) is 0 Å². The van der Waals surface area contributed by atoms with Crippen LogP contribution >= 0.6 is 0 Å². The number of aromatic nitrogens is 1. The SMILES string of the molecule is COc1cncc(C2CC(C)CCC2CN)c1. The molecule has 0 bridgehead atoms. The van der Waals surface area contributed by atoms with Gasteiger partial charge >= 0.3 is 0 Å². The highest BCUT2D eigenvalue weighted by molar-refractivity contribution is 5.27. The molecule has 94 valence electrons. The first kappa shape index (κ1) is 12.4. The maximum atomic E-state index is 5.90. The highest BCUT2D eigenvalue weighted by atomic mass is 16.5. The highest BCUT2D eigenvalue weighted by Gasteiger charge is 2.29. The molecule has 0 amide bonds. The van der Waals surface area contributed by atoms with Gasteiger partial charge in [-0.3, -0.25) is 4.98 Å². The van der Waals surface area contributed by atoms with Crippen LogP contribution in [0.15, 0.2) is 18.5 Å². The molecule has 0 saturated heterocycles. The van der Waals surface area contributed by atoms with Crippen molar-refractivity contribution in [3.63, 3.8) is 0 Å². The first-order valence-electron chi connectivity index (χ1n) is 6.43. The summed E-state index contributed by atoms with van der Waals surface area (Å²) in [7, 11) is 1.69. The summed E-state index contributed by atoms with van der Waals surface area (Å²) in [6, 6.07) is 2.11. The van der Waals surface area contributed by atoms with Crippen LogP contribution in [-0.4, -0.2) is 18.6 Å². The number of nitrogens with zero attached hydrogens (tertiary/aromatic N) is 1. The fourth-order valence-corrected chi connectivity index (χ4v) is 2.88. The Kier molecular flexibility index (Phi) is 4.00. The van der Waals surface area contributed by atoms with Crippen molar-refractivity contribution in [3.8, 4) is 5.75 Å². The molecule has 3 heteroatoms. The number of methoxy groups -OCH3 is 1. The molecule has 0 aliphatic heterocycles. The van der Waals surface area contributed by atoms with Crippen LogP contribution in [0.1, 0.15) is 37.7 Å². The molecular weight excluding hydrogens is 212 g/mol. The van der Waals surface area contributed by atoms with E-state index in [1.165, 1.54) is 24.8 Å². The Hall–Kier alpha value is -1.09. The van der Waals surface area contributed by atoms with E-state index >= 15 is 0 Å². The van der Waals surface area contributed by atoms with Crippen molar-refractivity contribution < 1.29 is 4.74 Å². The molecule has 0 radical (unpaired) electrons. The summed E-state index contributed by atoms with van der Waals surface area (Å²) in [4.78, 5) is 4.26. The monoisotopic (exact) mass is 234 g/mol. The second-order valence-corrected chi connectivity index (χ2v) is 5.18. The lowest BCUT2D eigenvalue weighted by molar-refractivity contribution is 0.253. The van der Waals surface area contributed by atoms with E-state index in [1.807, 2.05) is 6.20 Å². The highest BCUT2D eigenvalue weighted by Crippen LogP contribution is 2.40. The Balaban J connectivity index is 2.22. The molecule has 17 heavy (non-hydrogen) atoms. The second-order valence-electron chi connectivity index (χ2n) is 5.18. The molecule has 1 aliphatic carbocycles. The summed E-state index contributed by atoms with van der Waals surface area (Å²) >= 11 is 0. The Morgan fingerprint density at radius 1 is 1.41 bits per heavy atom. The molecule has 3 unspecified atom stereocenters. The number of hydrogen-bond acceptors (Lipinski definition) is 3. The van der Waals surface area contributed by atoms with Crippen LogP contribution in [0.5, 0.6) is 5.75 Å². The van der Waals surface area contributed by atoms with Gasteiger partial charge in [0.2, 0.25) is 0 Å². The van der Waals surface area contributed by atoms with E-state index in [0.29, 0.717) is 11.8 Å². The quantitative estimate of drug-likeness (QED) is 0.874. The van der Waals surface area contributed by atoms with Crippen molar-refractivity contribution in [1.29, 1.82) is 0 Å². The minimum Gasteiger partial charge on any atom is -0.495 e. The van der Waals surface area contributed by atoms with Gasteiger partial charge in [-0.25, -0.2) is 0 Å². The molecule has 1 heterocycles. The molecule has 3 nitrogen and oxygen atoms in total. The summed E-state index contributed by atoms with van der Waals surface area (Å²) in [5.74, 6) is 2.77. The van der Waals surface area contributed by atoms with Gasteiger partial charge in [0, 0.05) is 6.20 Å². The first-order valence-corrected chi connectivity index (χ1v) is 6.43. The van der Waals surface area contributed by atoms with Gasteiger partial charge < -0.3 is 10.5 Å². The zero-order valence-corrected chi connectivity index (χ0v) is 10.7. The fourth-order valence-electron chi connectivity index (χ4n) is 2.88. The third-order valence-electron chi connectivity index (χ3n) is 3.96. The summed E-state index contributed by atoms with van der Waals surface area (Å²) in [6.45, 7) is 3.10. The predicted octanol–water partition coefficient (Wildman–Crippen LogP) is 2.57. The van der Waals surface area contributed by atoms with Gasteiger partial charge in [0.25, 0.3) is 0 Å². The Morgan fingerprint density at radius 3 is 2.94 bits per heavy atom. The van der Waals surface area contributed by atoms with Crippen molar-refractivity contribution in [2.75, 3.05) is 13.7 Å². The molecule has 1 aromatic heterocycles. The average Bonchev–Trinajstić information content (AvgIpc) is 2.39. The van der Waals surface area contributed by atoms with Gasteiger partial charge in [-0.2, -0.15) is 0 Å². The minimum atomic E-state index is 0.548. The van der Waals surface area contributed by atoms with Gasteiger partial charge in [0.05, 0.1) is 13.3 Å². The van der Waals surface area contributed by atoms with Crippen molar-refractivity contribution in [2.45, 2.75) is 32.1 Å². The molecule has 1 aromatic rings. The smallest absolute Gasteiger partial charge is 0.137 e. The molecule has 1 fully saturated rings. The second kappa shape index (κ2) is 5.50. The Morgan fingerprint density at radius 2 is 2.24 bits per heavy atom. The van der Waals surface area contributed by atoms with E-state index in [-0.39, 0.29) is 0 Å². The van der Waals surface area contributed by atoms with Crippen LogP contribution in [0.4, 0.5) is 0 Å². The number of nitrogens with two attached hydrogens (primary N) is 1. The normalized spacial score (nSPS) is 29.0. The summed E-state index contributed by atoms with van der Waals surface area (Å²) in [6.07, 6.45) is 7.48. The van der Waals surface area contributed by atoms with Gasteiger partial charge in [-0.1, -0.05) is 13.3 Å². The molecule has 2 N–H and O–H groups in total. The van der Waals surface area contributed by atoms with Crippen molar-refractivity contribution in [2.24, 2.45) is 17.6 Å². The predicted molar refractivity (Wildman–Crippen MR) is 69.1 cm³/mol. The van der Waals surface area contributed by atoms with Crippen molar-refractivity contribution in [3.05, 3.63) is 24.0 Å². The van der Waals surface area contributed by atoms with E-state index in [9.17, 15) is 0 Å². The Labute approximate surface area is 103 Å². The minimum absolute atomic E-state index is 0.548. The molecule has 1 aliphatic rings. The Bertz CT molecular complexity index is 367. The number of hydrogen-bond donors (Lipinski definition) is 1. The third kappa shape index (κ3) is 2.78. The maximum Gasteiger partial charge on any atom is 0.137 e. The fraction of sp³-hybridized carbons (Fsp3) is 0.643. The first-order chi connectivity index (χ1) is 8.24. The number of pyridine rings is 1. The van der Waals surface area contributed by atoms with E-state index in [1.54, 1.807) is 13.3 Å². The largest absolute Gasteiger partial charge is 0.495 e. The van der Waals surface area contributed by atoms with E-state index in [2.05, 4.69) is 18.0 Å². The lowest BCUT2D eigenvalue weighted by Crippen LogP contribution is -2.28. The lowest BCUT2D eigenvalue weighted by atomic mass is 9.72. The zero-order chi connectivity index (χ0) is 12.3. The van der Waals surface area contributed by atoms with Gasteiger partial charge in [-0.05, 0) is 48.8 Å². The van der Waals surface area contributed by atoms with Crippen LogP contribution in [0, 0.1) is 11.8 Å². The molecule has 2 rings (SSSR count). The zero-order valence-electron chi connectivity index (χ0n) is 10.7. The summed E-state index contributed by atoms with van der Waals surface area (Å²) in [5.41, 5.74) is 7.18. The van der Waals surface area contributed by atoms with Crippen LogP contribution in [0.3, 0.4) is 0 Å². The van der Waals surface area contributed by atoms with Crippen LogP contribution in [-0.2, 0) is 0 Å². The van der Waals surface area contributed by atoms with E-state index in [0.717, 1.165) is 18.2 Å². The standard InChI is InChI=1S/C14H22N2O/c1-10-3-4-11(7-15)14(5-10)12-6-13(17-2)9-16-8-12/h6,8-11,14H,3-5,7,15H2,1-2H3. The lowest BCUT2D eigenvalue weighted by Gasteiger charge is -2.34. The van der Waals surface area contributed by atoms with Crippen molar-refractivity contribution in [1.82, 2.24) is 4.98 Å². The summed E-state index contributed by atoms with van der Waals surface area (Å²) in [5, 5.41) is 0. The van der Waals surface area contributed by atoms with E-state index in [4.69, 9.17) is 10.5 Å².